The number of anilines is 2. The Hall–Kier alpha value is -1.96. The molecule has 3 rings (SSSR count). The van der Waals surface area contributed by atoms with Crippen LogP contribution in [-0.2, 0) is 13.1 Å². The first kappa shape index (κ1) is 12.1. The number of aryl methyl sites for hydroxylation is 1. The van der Waals surface area contributed by atoms with E-state index in [1.807, 2.05) is 7.05 Å². The fourth-order valence-corrected chi connectivity index (χ4v) is 2.80. The molecular formula is C17H20N2. The molecule has 0 amide bonds. The molecule has 0 bridgehead atoms. The Bertz CT molecular complexity index is 617. The van der Waals surface area contributed by atoms with Gasteiger partial charge in [0.2, 0.25) is 0 Å². The number of hydrogen-bond acceptors (Lipinski definition) is 2. The third-order valence-electron chi connectivity index (χ3n) is 4.13. The maximum Gasteiger partial charge on any atom is 0.0437 e. The quantitative estimate of drug-likeness (QED) is 0.873. The number of fused-ring (bicyclic) bond motifs is 1. The first-order chi connectivity index (χ1) is 9.19. The lowest BCUT2D eigenvalue weighted by Gasteiger charge is -2.21. The highest BCUT2D eigenvalue weighted by molar-refractivity contribution is 5.60. The van der Waals surface area contributed by atoms with Crippen molar-refractivity contribution in [2.45, 2.75) is 26.9 Å². The largest absolute Gasteiger partial charge is 0.388 e. The Kier molecular flexibility index (Phi) is 2.94. The van der Waals surface area contributed by atoms with Gasteiger partial charge in [0.05, 0.1) is 0 Å². The van der Waals surface area contributed by atoms with Crippen molar-refractivity contribution in [2.24, 2.45) is 0 Å². The molecule has 0 fully saturated rings. The van der Waals surface area contributed by atoms with Crippen molar-refractivity contribution in [3.05, 3.63) is 58.7 Å². The molecule has 1 N–H and O–H groups in total. The summed E-state index contributed by atoms with van der Waals surface area (Å²) in [5.41, 5.74) is 8.20. The minimum atomic E-state index is 1.01. The van der Waals surface area contributed by atoms with Crippen molar-refractivity contribution in [3.63, 3.8) is 0 Å². The summed E-state index contributed by atoms with van der Waals surface area (Å²) in [7, 11) is 1.97. The molecule has 19 heavy (non-hydrogen) atoms. The fourth-order valence-electron chi connectivity index (χ4n) is 2.80. The Labute approximate surface area is 115 Å². The van der Waals surface area contributed by atoms with Crippen molar-refractivity contribution in [2.75, 3.05) is 17.3 Å². The van der Waals surface area contributed by atoms with Crippen LogP contribution in [0.1, 0.15) is 22.3 Å². The first-order valence-electron chi connectivity index (χ1n) is 6.80. The standard InChI is InChI=1S/C17H20N2/c1-12-5-4-6-17(13(12)2)19-10-14-7-8-16(18-3)9-15(14)11-19/h4-9,18H,10-11H2,1-3H3. The van der Waals surface area contributed by atoms with Gasteiger partial charge in [0.25, 0.3) is 0 Å². The van der Waals surface area contributed by atoms with Gasteiger partial charge in [-0.2, -0.15) is 0 Å². The van der Waals surface area contributed by atoms with Gasteiger partial charge in [0, 0.05) is 31.5 Å². The molecule has 0 saturated carbocycles. The molecule has 2 aromatic carbocycles. The highest BCUT2D eigenvalue weighted by Crippen LogP contribution is 2.32. The van der Waals surface area contributed by atoms with Gasteiger partial charge >= 0.3 is 0 Å². The summed E-state index contributed by atoms with van der Waals surface area (Å²) in [5.74, 6) is 0. The predicted octanol–water partition coefficient (Wildman–Crippen LogP) is 3.87. The molecule has 0 aliphatic carbocycles. The lowest BCUT2D eigenvalue weighted by atomic mass is 10.1. The number of benzene rings is 2. The first-order valence-corrected chi connectivity index (χ1v) is 6.80. The van der Waals surface area contributed by atoms with E-state index in [-0.39, 0.29) is 0 Å². The maximum atomic E-state index is 3.21. The minimum Gasteiger partial charge on any atom is -0.388 e. The highest BCUT2D eigenvalue weighted by Gasteiger charge is 2.20. The summed E-state index contributed by atoms with van der Waals surface area (Å²) in [6.07, 6.45) is 0. The van der Waals surface area contributed by atoms with Crippen LogP contribution in [0.25, 0.3) is 0 Å². The molecular weight excluding hydrogens is 232 g/mol. The Balaban J connectivity index is 1.93. The van der Waals surface area contributed by atoms with E-state index in [0.717, 1.165) is 13.1 Å². The fraction of sp³-hybridized carbons (Fsp3) is 0.294. The van der Waals surface area contributed by atoms with Crippen LogP contribution in [0.3, 0.4) is 0 Å². The lowest BCUT2D eigenvalue weighted by molar-refractivity contribution is 0.873. The Morgan fingerprint density at radius 1 is 1.00 bits per heavy atom. The zero-order chi connectivity index (χ0) is 13.4. The summed E-state index contributed by atoms with van der Waals surface area (Å²) in [5, 5.41) is 3.21. The molecule has 1 heterocycles. The summed E-state index contributed by atoms with van der Waals surface area (Å²) in [4.78, 5) is 2.46. The number of rotatable bonds is 2. The number of nitrogens with zero attached hydrogens (tertiary/aromatic N) is 1. The van der Waals surface area contributed by atoms with Gasteiger partial charge in [-0.3, -0.25) is 0 Å². The average molecular weight is 252 g/mol. The van der Waals surface area contributed by atoms with Crippen LogP contribution in [0.5, 0.6) is 0 Å². The van der Waals surface area contributed by atoms with Crippen LogP contribution >= 0.6 is 0 Å². The minimum absolute atomic E-state index is 1.01. The number of hydrogen-bond donors (Lipinski definition) is 1. The van der Waals surface area contributed by atoms with Crippen molar-refractivity contribution < 1.29 is 0 Å². The second-order valence-electron chi connectivity index (χ2n) is 5.31. The van der Waals surface area contributed by atoms with E-state index in [1.54, 1.807) is 0 Å². The molecule has 0 saturated heterocycles. The zero-order valence-corrected chi connectivity index (χ0v) is 11.8. The average Bonchev–Trinajstić information content (AvgIpc) is 2.84. The van der Waals surface area contributed by atoms with Crippen molar-refractivity contribution in [3.8, 4) is 0 Å². The molecule has 0 spiro atoms. The topological polar surface area (TPSA) is 15.3 Å². The SMILES string of the molecule is CNc1ccc2c(c1)CN(c1cccc(C)c1C)C2. The molecule has 0 unspecified atom stereocenters. The third kappa shape index (κ3) is 2.07. The van der Waals surface area contributed by atoms with E-state index < -0.39 is 0 Å². The van der Waals surface area contributed by atoms with Gasteiger partial charge in [0.15, 0.2) is 0 Å². The lowest BCUT2D eigenvalue weighted by Crippen LogP contribution is -2.15. The van der Waals surface area contributed by atoms with E-state index in [1.165, 1.54) is 33.6 Å². The molecule has 2 heteroatoms. The predicted molar refractivity (Wildman–Crippen MR) is 81.8 cm³/mol. The normalized spacial score (nSPS) is 13.5. The summed E-state index contributed by atoms with van der Waals surface area (Å²) in [6.45, 7) is 6.42. The summed E-state index contributed by atoms with van der Waals surface area (Å²) in [6, 6.07) is 13.2. The van der Waals surface area contributed by atoms with Gasteiger partial charge in [-0.1, -0.05) is 18.2 Å². The molecule has 0 atom stereocenters. The van der Waals surface area contributed by atoms with E-state index in [4.69, 9.17) is 0 Å². The maximum absolute atomic E-state index is 3.21. The zero-order valence-electron chi connectivity index (χ0n) is 11.8. The Morgan fingerprint density at radius 3 is 2.58 bits per heavy atom. The van der Waals surface area contributed by atoms with Gasteiger partial charge < -0.3 is 10.2 Å². The molecule has 98 valence electrons. The third-order valence-corrected chi connectivity index (χ3v) is 4.13. The summed E-state index contributed by atoms with van der Waals surface area (Å²) < 4.78 is 0. The second kappa shape index (κ2) is 4.61. The van der Waals surface area contributed by atoms with Gasteiger partial charge in [-0.15, -0.1) is 0 Å². The van der Waals surface area contributed by atoms with Gasteiger partial charge in [0.1, 0.15) is 0 Å². The van der Waals surface area contributed by atoms with Crippen LogP contribution in [-0.4, -0.2) is 7.05 Å². The van der Waals surface area contributed by atoms with Crippen LogP contribution in [0, 0.1) is 13.8 Å². The molecule has 1 aliphatic heterocycles. The van der Waals surface area contributed by atoms with Crippen LogP contribution in [0.4, 0.5) is 11.4 Å². The van der Waals surface area contributed by atoms with Crippen molar-refractivity contribution in [1.29, 1.82) is 0 Å². The molecule has 0 aromatic heterocycles. The highest BCUT2D eigenvalue weighted by atomic mass is 15.1. The summed E-state index contributed by atoms with van der Waals surface area (Å²) >= 11 is 0. The van der Waals surface area contributed by atoms with E-state index in [9.17, 15) is 0 Å². The van der Waals surface area contributed by atoms with E-state index >= 15 is 0 Å². The van der Waals surface area contributed by atoms with Crippen molar-refractivity contribution in [1.82, 2.24) is 0 Å². The van der Waals surface area contributed by atoms with Crippen LogP contribution in [0.15, 0.2) is 36.4 Å². The van der Waals surface area contributed by atoms with Crippen molar-refractivity contribution >= 4 is 11.4 Å². The Morgan fingerprint density at radius 2 is 1.79 bits per heavy atom. The molecule has 1 aliphatic rings. The van der Waals surface area contributed by atoms with Crippen LogP contribution in [0.2, 0.25) is 0 Å². The smallest absolute Gasteiger partial charge is 0.0437 e. The van der Waals surface area contributed by atoms with Gasteiger partial charge in [-0.05, 0) is 54.3 Å². The monoisotopic (exact) mass is 252 g/mol. The van der Waals surface area contributed by atoms with E-state index in [2.05, 4.69) is 60.5 Å². The van der Waals surface area contributed by atoms with E-state index in [0.29, 0.717) is 0 Å². The van der Waals surface area contributed by atoms with Crippen LogP contribution < -0.4 is 10.2 Å². The molecule has 2 nitrogen and oxygen atoms in total. The molecule has 2 aromatic rings. The second-order valence-corrected chi connectivity index (χ2v) is 5.31. The van der Waals surface area contributed by atoms with Gasteiger partial charge in [-0.25, -0.2) is 0 Å². The molecule has 0 radical (unpaired) electrons. The number of nitrogens with one attached hydrogen (secondary N) is 1.